The summed E-state index contributed by atoms with van der Waals surface area (Å²) in [5.41, 5.74) is -1.21. The third-order valence-corrected chi connectivity index (χ3v) is 4.70. The molecule has 0 spiro atoms. The monoisotopic (exact) mass is 379 g/mol. The van der Waals surface area contributed by atoms with Crippen LogP contribution in [0.2, 0.25) is 0 Å². The average Bonchev–Trinajstić information content (AvgIpc) is 2.65. The van der Waals surface area contributed by atoms with Gasteiger partial charge in [-0.2, -0.15) is 0 Å². The van der Waals surface area contributed by atoms with Gasteiger partial charge in [-0.05, 0) is 31.5 Å². The van der Waals surface area contributed by atoms with Crippen molar-refractivity contribution in [2.24, 2.45) is 0 Å². The van der Waals surface area contributed by atoms with Gasteiger partial charge in [0, 0.05) is 37.9 Å². The van der Waals surface area contributed by atoms with Crippen LogP contribution in [-0.2, 0) is 9.59 Å². The quantitative estimate of drug-likeness (QED) is 0.520. The van der Waals surface area contributed by atoms with Crippen LogP contribution in [-0.4, -0.2) is 65.2 Å². The van der Waals surface area contributed by atoms with Crippen molar-refractivity contribution in [2.75, 3.05) is 26.8 Å². The van der Waals surface area contributed by atoms with E-state index < -0.39 is 11.6 Å². The van der Waals surface area contributed by atoms with Crippen LogP contribution in [0, 0.1) is 0 Å². The molecule has 0 saturated carbocycles. The van der Waals surface area contributed by atoms with Crippen LogP contribution in [0.15, 0.2) is 18.2 Å². The first-order chi connectivity index (χ1) is 12.8. The molecular weight excluding hydrogens is 354 g/mol. The van der Waals surface area contributed by atoms with Crippen molar-refractivity contribution in [3.8, 4) is 11.5 Å². The van der Waals surface area contributed by atoms with Gasteiger partial charge in [0.2, 0.25) is 5.91 Å². The third kappa shape index (κ3) is 5.19. The number of hydrogen-bond acceptors (Lipinski definition) is 6. The molecule has 1 fully saturated rings. The number of hydrogen-bond donors (Lipinski definition) is 2. The summed E-state index contributed by atoms with van der Waals surface area (Å²) in [4.78, 5) is 36.2. The number of carboxylic acids is 1. The molecule has 1 aliphatic heterocycles. The number of methoxy groups -OCH3 is 1. The van der Waals surface area contributed by atoms with Crippen molar-refractivity contribution in [2.45, 2.75) is 38.2 Å². The highest BCUT2D eigenvalue weighted by Gasteiger charge is 2.40. The second kappa shape index (κ2) is 8.85. The molecule has 27 heavy (non-hydrogen) atoms. The van der Waals surface area contributed by atoms with Gasteiger partial charge in [0.05, 0.1) is 13.7 Å². The van der Waals surface area contributed by atoms with E-state index in [2.05, 4.69) is 0 Å². The molecule has 0 aliphatic carbocycles. The Morgan fingerprint density at radius 1 is 1.19 bits per heavy atom. The number of likely N-dealkylation sites (tertiary alicyclic amines) is 1. The average molecular weight is 379 g/mol. The van der Waals surface area contributed by atoms with E-state index in [-0.39, 0.29) is 44.0 Å². The van der Waals surface area contributed by atoms with Crippen LogP contribution >= 0.6 is 0 Å². The molecule has 1 heterocycles. The van der Waals surface area contributed by atoms with Gasteiger partial charge in [-0.15, -0.1) is 0 Å². The molecule has 1 aromatic rings. The molecule has 0 atom stereocenters. The Morgan fingerprint density at radius 2 is 1.85 bits per heavy atom. The first-order valence-corrected chi connectivity index (χ1v) is 8.82. The maximum atomic E-state index is 12.2. The Balaban J connectivity index is 1.78. The minimum atomic E-state index is -1.73. The van der Waals surface area contributed by atoms with E-state index in [0.29, 0.717) is 30.1 Å². The SMILES string of the molecule is COc1cc(C(C)=O)ccc1OCCCC(=O)N1CCC(O)(C(=O)O)CC1. The zero-order valence-electron chi connectivity index (χ0n) is 15.6. The smallest absolute Gasteiger partial charge is 0.335 e. The number of amides is 1. The van der Waals surface area contributed by atoms with Crippen molar-refractivity contribution in [3.63, 3.8) is 0 Å². The number of benzene rings is 1. The summed E-state index contributed by atoms with van der Waals surface area (Å²) >= 11 is 0. The number of ether oxygens (including phenoxy) is 2. The van der Waals surface area contributed by atoms with Crippen LogP contribution in [0.4, 0.5) is 0 Å². The maximum absolute atomic E-state index is 12.2. The van der Waals surface area contributed by atoms with E-state index in [9.17, 15) is 19.5 Å². The predicted molar refractivity (Wildman–Crippen MR) is 96.1 cm³/mol. The fourth-order valence-electron chi connectivity index (χ4n) is 2.91. The number of carbonyl (C=O) groups excluding carboxylic acids is 2. The number of Topliss-reactive ketones (excluding diaryl/α,β-unsaturated/α-hetero) is 1. The molecule has 1 aliphatic rings. The number of nitrogens with zero attached hydrogens (tertiary/aromatic N) is 1. The van der Waals surface area contributed by atoms with E-state index in [4.69, 9.17) is 14.6 Å². The van der Waals surface area contributed by atoms with Gasteiger partial charge >= 0.3 is 5.97 Å². The number of carbonyl (C=O) groups is 3. The molecule has 0 radical (unpaired) electrons. The second-order valence-corrected chi connectivity index (χ2v) is 6.59. The van der Waals surface area contributed by atoms with Crippen LogP contribution in [0.5, 0.6) is 11.5 Å². The standard InChI is InChI=1S/C19H25NO7/c1-13(21)14-5-6-15(16(12-14)26-2)27-11-3-4-17(22)20-9-7-19(25,8-10-20)18(23)24/h5-6,12,25H,3-4,7-11H2,1-2H3,(H,23,24). The maximum Gasteiger partial charge on any atom is 0.335 e. The molecule has 1 amide bonds. The summed E-state index contributed by atoms with van der Waals surface area (Å²) in [6, 6.07) is 4.93. The lowest BCUT2D eigenvalue weighted by Crippen LogP contribution is -2.50. The van der Waals surface area contributed by atoms with Crippen LogP contribution in [0.25, 0.3) is 0 Å². The van der Waals surface area contributed by atoms with Gasteiger partial charge in [-0.25, -0.2) is 4.79 Å². The van der Waals surface area contributed by atoms with E-state index in [1.165, 1.54) is 14.0 Å². The van der Waals surface area contributed by atoms with E-state index in [1.54, 1.807) is 23.1 Å². The number of aliphatic carboxylic acids is 1. The first kappa shape index (κ1) is 20.7. The molecule has 2 rings (SSSR count). The van der Waals surface area contributed by atoms with Crippen molar-refractivity contribution < 1.29 is 34.1 Å². The largest absolute Gasteiger partial charge is 0.493 e. The van der Waals surface area contributed by atoms with E-state index in [1.807, 2.05) is 0 Å². The Bertz CT molecular complexity index is 708. The van der Waals surface area contributed by atoms with Crippen LogP contribution in [0.1, 0.15) is 43.0 Å². The zero-order chi connectivity index (χ0) is 20.0. The number of ketones is 1. The molecule has 0 aromatic heterocycles. The molecule has 1 aromatic carbocycles. The molecule has 8 nitrogen and oxygen atoms in total. The van der Waals surface area contributed by atoms with Gasteiger partial charge < -0.3 is 24.6 Å². The van der Waals surface area contributed by atoms with Crippen LogP contribution < -0.4 is 9.47 Å². The van der Waals surface area contributed by atoms with Crippen molar-refractivity contribution in [3.05, 3.63) is 23.8 Å². The lowest BCUT2D eigenvalue weighted by molar-refractivity contribution is -0.165. The lowest BCUT2D eigenvalue weighted by Gasteiger charge is -2.35. The number of rotatable bonds is 8. The predicted octanol–water partition coefficient (Wildman–Crippen LogP) is 1.49. The highest BCUT2D eigenvalue weighted by Crippen LogP contribution is 2.28. The minimum absolute atomic E-state index is 0.0320. The molecule has 148 valence electrons. The zero-order valence-corrected chi connectivity index (χ0v) is 15.6. The van der Waals surface area contributed by atoms with Gasteiger partial charge in [-0.3, -0.25) is 9.59 Å². The molecule has 8 heteroatoms. The summed E-state index contributed by atoms with van der Waals surface area (Å²) in [6.45, 7) is 2.22. The van der Waals surface area contributed by atoms with E-state index >= 15 is 0 Å². The molecular formula is C19H25NO7. The molecule has 1 saturated heterocycles. The minimum Gasteiger partial charge on any atom is -0.493 e. The Hall–Kier alpha value is -2.61. The summed E-state index contributed by atoms with van der Waals surface area (Å²) in [6.07, 6.45) is 0.810. The topological polar surface area (TPSA) is 113 Å². The Kier molecular flexibility index (Phi) is 6.79. The molecule has 2 N–H and O–H groups in total. The summed E-state index contributed by atoms with van der Waals surface area (Å²) < 4.78 is 10.9. The highest BCUT2D eigenvalue weighted by molar-refractivity contribution is 5.94. The van der Waals surface area contributed by atoms with Crippen molar-refractivity contribution in [1.82, 2.24) is 4.90 Å². The summed E-state index contributed by atoms with van der Waals surface area (Å²) in [5.74, 6) is -0.447. The van der Waals surface area contributed by atoms with Gasteiger partial charge in [0.25, 0.3) is 0 Å². The highest BCUT2D eigenvalue weighted by atomic mass is 16.5. The van der Waals surface area contributed by atoms with E-state index in [0.717, 1.165) is 0 Å². The third-order valence-electron chi connectivity index (χ3n) is 4.70. The fraction of sp³-hybridized carbons (Fsp3) is 0.526. The number of carboxylic acid groups (broad SMARTS) is 1. The van der Waals surface area contributed by atoms with Crippen LogP contribution in [0.3, 0.4) is 0 Å². The normalized spacial score (nSPS) is 15.9. The fourth-order valence-corrected chi connectivity index (χ4v) is 2.91. The molecule has 0 unspecified atom stereocenters. The van der Waals surface area contributed by atoms with Gasteiger partial charge in [0.1, 0.15) is 0 Å². The summed E-state index contributed by atoms with van der Waals surface area (Å²) in [5, 5.41) is 18.9. The van der Waals surface area contributed by atoms with Gasteiger partial charge in [-0.1, -0.05) is 0 Å². The molecule has 0 bridgehead atoms. The second-order valence-electron chi connectivity index (χ2n) is 6.59. The number of aliphatic hydroxyl groups is 1. The Morgan fingerprint density at radius 3 is 2.41 bits per heavy atom. The first-order valence-electron chi connectivity index (χ1n) is 8.82. The van der Waals surface area contributed by atoms with Crippen molar-refractivity contribution >= 4 is 17.7 Å². The lowest BCUT2D eigenvalue weighted by atomic mass is 9.91. The van der Waals surface area contributed by atoms with Gasteiger partial charge in [0.15, 0.2) is 22.9 Å². The Labute approximate surface area is 157 Å². The summed E-state index contributed by atoms with van der Waals surface area (Å²) in [7, 11) is 1.49. The van der Waals surface area contributed by atoms with Crippen molar-refractivity contribution in [1.29, 1.82) is 0 Å². The number of piperidine rings is 1.